The lowest BCUT2D eigenvalue weighted by Crippen LogP contribution is -2.31. The van der Waals surface area contributed by atoms with Crippen LogP contribution in [-0.4, -0.2) is 17.6 Å². The van der Waals surface area contributed by atoms with E-state index in [1.807, 2.05) is 36.4 Å². The lowest BCUT2D eigenvalue weighted by atomic mass is 10.1. The summed E-state index contributed by atoms with van der Waals surface area (Å²) in [5.74, 6) is -0.0506. The molecule has 0 spiro atoms. The van der Waals surface area contributed by atoms with E-state index in [4.69, 9.17) is 0 Å². The summed E-state index contributed by atoms with van der Waals surface area (Å²) in [6, 6.07) is 9.22. The molecule has 0 unspecified atom stereocenters. The van der Waals surface area contributed by atoms with Gasteiger partial charge in [-0.2, -0.15) is 0 Å². The highest BCUT2D eigenvalue weighted by atomic mass is 16.3. The van der Waals surface area contributed by atoms with Gasteiger partial charge in [-0.1, -0.05) is 36.4 Å². The van der Waals surface area contributed by atoms with Gasteiger partial charge in [-0.3, -0.25) is 4.79 Å². The molecule has 17 heavy (non-hydrogen) atoms. The average Bonchev–Trinajstić information content (AvgIpc) is 2.90. The number of carbonyl (C=O) groups excluding carboxylic acids is 1. The topological polar surface area (TPSA) is 49.3 Å². The first kappa shape index (κ1) is 11.9. The third-order valence-electron chi connectivity index (χ3n) is 3.02. The minimum atomic E-state index is -0.315. The molecule has 0 saturated heterocycles. The van der Waals surface area contributed by atoms with Crippen LogP contribution in [0.4, 0.5) is 0 Å². The molecule has 0 saturated carbocycles. The summed E-state index contributed by atoms with van der Waals surface area (Å²) in [6.45, 7) is -0.0803. The predicted molar refractivity (Wildman–Crippen MR) is 66.3 cm³/mol. The number of benzene rings is 1. The average molecular weight is 231 g/mol. The minimum Gasteiger partial charge on any atom is -0.394 e. The molecule has 1 aromatic carbocycles. The molecule has 0 radical (unpaired) electrons. The van der Waals surface area contributed by atoms with E-state index in [9.17, 15) is 9.90 Å². The highest BCUT2D eigenvalue weighted by Crippen LogP contribution is 2.19. The van der Waals surface area contributed by atoms with Gasteiger partial charge in [0, 0.05) is 5.57 Å². The number of hydrogen-bond acceptors (Lipinski definition) is 2. The van der Waals surface area contributed by atoms with Crippen molar-refractivity contribution in [1.82, 2.24) is 5.32 Å². The van der Waals surface area contributed by atoms with E-state index in [0.717, 1.165) is 30.4 Å². The van der Waals surface area contributed by atoms with Crippen LogP contribution >= 0.6 is 0 Å². The second-order valence-corrected chi connectivity index (χ2v) is 4.24. The molecule has 0 bridgehead atoms. The van der Waals surface area contributed by atoms with Gasteiger partial charge >= 0.3 is 0 Å². The number of carbonyl (C=O) groups is 1. The fourth-order valence-corrected chi connectivity index (χ4v) is 2.05. The normalized spacial score (nSPS) is 16.4. The van der Waals surface area contributed by atoms with E-state index in [2.05, 4.69) is 5.32 Å². The Bertz CT molecular complexity index is 411. The van der Waals surface area contributed by atoms with Crippen LogP contribution in [0.3, 0.4) is 0 Å². The van der Waals surface area contributed by atoms with Crippen LogP contribution < -0.4 is 5.32 Å². The van der Waals surface area contributed by atoms with Crippen molar-refractivity contribution in [3.8, 4) is 0 Å². The van der Waals surface area contributed by atoms with Crippen molar-refractivity contribution in [2.45, 2.75) is 25.3 Å². The molecular weight excluding hydrogens is 214 g/mol. The van der Waals surface area contributed by atoms with Crippen LogP contribution in [0.25, 0.3) is 0 Å². The fraction of sp³-hybridized carbons (Fsp3) is 0.357. The van der Waals surface area contributed by atoms with Gasteiger partial charge in [0.05, 0.1) is 12.6 Å². The largest absolute Gasteiger partial charge is 0.394 e. The van der Waals surface area contributed by atoms with Gasteiger partial charge in [-0.15, -0.1) is 0 Å². The number of hydrogen-bond donors (Lipinski definition) is 2. The van der Waals surface area contributed by atoms with Crippen LogP contribution in [0.1, 0.15) is 30.9 Å². The second-order valence-electron chi connectivity index (χ2n) is 4.24. The van der Waals surface area contributed by atoms with Crippen LogP contribution in [-0.2, 0) is 4.79 Å². The summed E-state index contributed by atoms with van der Waals surface area (Å²) in [6.07, 6.45) is 4.86. The van der Waals surface area contributed by atoms with Gasteiger partial charge in [-0.05, 0) is 24.8 Å². The number of amides is 1. The molecule has 1 aliphatic carbocycles. The van der Waals surface area contributed by atoms with Crippen LogP contribution in [0.5, 0.6) is 0 Å². The smallest absolute Gasteiger partial charge is 0.247 e. The van der Waals surface area contributed by atoms with Crippen molar-refractivity contribution in [1.29, 1.82) is 0 Å². The van der Waals surface area contributed by atoms with Gasteiger partial charge in [0.15, 0.2) is 0 Å². The summed E-state index contributed by atoms with van der Waals surface area (Å²) in [7, 11) is 0. The molecule has 1 amide bonds. The number of rotatable bonds is 4. The molecule has 2 rings (SSSR count). The highest BCUT2D eigenvalue weighted by Gasteiger charge is 2.18. The molecular formula is C14H17NO2. The maximum atomic E-state index is 11.9. The van der Waals surface area contributed by atoms with Gasteiger partial charge in [0.25, 0.3) is 0 Å². The monoisotopic (exact) mass is 231 g/mol. The highest BCUT2D eigenvalue weighted by molar-refractivity contribution is 5.94. The zero-order valence-corrected chi connectivity index (χ0v) is 9.73. The first-order valence-corrected chi connectivity index (χ1v) is 5.97. The summed E-state index contributed by atoms with van der Waals surface area (Å²) < 4.78 is 0. The molecule has 1 atom stereocenters. The fourth-order valence-electron chi connectivity index (χ4n) is 2.05. The molecule has 3 nitrogen and oxygen atoms in total. The Morgan fingerprint density at radius 2 is 2.12 bits per heavy atom. The summed E-state index contributed by atoms with van der Waals surface area (Å²) in [4.78, 5) is 11.9. The maximum absolute atomic E-state index is 11.9. The third-order valence-corrected chi connectivity index (χ3v) is 3.02. The van der Waals surface area contributed by atoms with Crippen LogP contribution in [0.15, 0.2) is 42.0 Å². The molecule has 0 fully saturated rings. The van der Waals surface area contributed by atoms with E-state index >= 15 is 0 Å². The Morgan fingerprint density at radius 3 is 2.71 bits per heavy atom. The van der Waals surface area contributed by atoms with Crippen molar-refractivity contribution in [3.63, 3.8) is 0 Å². The van der Waals surface area contributed by atoms with E-state index in [1.165, 1.54) is 0 Å². The van der Waals surface area contributed by atoms with E-state index in [-0.39, 0.29) is 18.6 Å². The molecule has 1 aromatic rings. The van der Waals surface area contributed by atoms with E-state index < -0.39 is 0 Å². The minimum absolute atomic E-state index is 0.0506. The van der Waals surface area contributed by atoms with Crippen molar-refractivity contribution in [3.05, 3.63) is 47.5 Å². The molecule has 3 heteroatoms. The maximum Gasteiger partial charge on any atom is 0.247 e. The Balaban J connectivity index is 2.03. The zero-order chi connectivity index (χ0) is 12.1. The van der Waals surface area contributed by atoms with Crippen molar-refractivity contribution >= 4 is 5.91 Å². The van der Waals surface area contributed by atoms with Crippen LogP contribution in [0.2, 0.25) is 0 Å². The molecule has 0 aromatic heterocycles. The number of allylic oxidation sites excluding steroid dienone is 1. The lowest BCUT2D eigenvalue weighted by molar-refractivity contribution is -0.118. The van der Waals surface area contributed by atoms with E-state index in [0.29, 0.717) is 0 Å². The molecule has 90 valence electrons. The zero-order valence-electron chi connectivity index (χ0n) is 9.73. The Hall–Kier alpha value is -1.61. The Kier molecular flexibility index (Phi) is 3.94. The van der Waals surface area contributed by atoms with Gasteiger partial charge < -0.3 is 10.4 Å². The second kappa shape index (κ2) is 5.64. The third kappa shape index (κ3) is 2.94. The molecule has 2 N–H and O–H groups in total. The molecule has 1 aliphatic rings. The number of nitrogens with one attached hydrogen (secondary N) is 1. The summed E-state index contributed by atoms with van der Waals surface area (Å²) >= 11 is 0. The van der Waals surface area contributed by atoms with Crippen molar-refractivity contribution in [2.75, 3.05) is 6.61 Å². The predicted octanol–water partition coefficient (Wildman–Crippen LogP) is 1.95. The van der Waals surface area contributed by atoms with Gasteiger partial charge in [0.2, 0.25) is 5.91 Å². The Morgan fingerprint density at radius 1 is 1.35 bits per heavy atom. The lowest BCUT2D eigenvalue weighted by Gasteiger charge is -2.17. The Labute approximate surface area is 101 Å². The van der Waals surface area contributed by atoms with Crippen LogP contribution in [0, 0.1) is 0 Å². The van der Waals surface area contributed by atoms with Gasteiger partial charge in [-0.25, -0.2) is 0 Å². The number of aliphatic hydroxyl groups excluding tert-OH is 1. The SMILES string of the molecule is O=C(N[C@H](CO)c1ccccc1)C1=CCCC1. The van der Waals surface area contributed by atoms with Gasteiger partial charge in [0.1, 0.15) is 0 Å². The quantitative estimate of drug-likeness (QED) is 0.832. The standard InChI is InChI=1S/C14H17NO2/c16-10-13(11-6-2-1-3-7-11)15-14(17)12-8-4-5-9-12/h1-3,6-8,13,16H,4-5,9-10H2,(H,15,17)/t13-/m1/s1. The summed E-state index contributed by atoms with van der Waals surface area (Å²) in [5.41, 5.74) is 1.78. The summed E-state index contributed by atoms with van der Waals surface area (Å²) in [5, 5.41) is 12.2. The molecule has 0 aliphatic heterocycles. The molecule has 0 heterocycles. The number of aliphatic hydroxyl groups is 1. The van der Waals surface area contributed by atoms with Crippen molar-refractivity contribution < 1.29 is 9.90 Å². The first-order valence-electron chi connectivity index (χ1n) is 5.97. The van der Waals surface area contributed by atoms with Crippen molar-refractivity contribution in [2.24, 2.45) is 0 Å². The first-order chi connectivity index (χ1) is 8.31. The van der Waals surface area contributed by atoms with E-state index in [1.54, 1.807) is 0 Å².